The van der Waals surface area contributed by atoms with Crippen LogP contribution >= 0.6 is 11.6 Å². The van der Waals surface area contributed by atoms with Crippen molar-refractivity contribution in [1.29, 1.82) is 0 Å². The molecule has 0 unspecified atom stereocenters. The van der Waals surface area contributed by atoms with Crippen LogP contribution in [0, 0.1) is 11.8 Å². The van der Waals surface area contributed by atoms with E-state index in [1.165, 1.54) is 12.0 Å². The fourth-order valence-corrected chi connectivity index (χ4v) is 4.80. The Hall–Kier alpha value is -2.70. The number of carbonyl (C=O) groups is 3. The molecule has 0 aliphatic carbocycles. The average molecular weight is 441 g/mol. The van der Waals surface area contributed by atoms with Gasteiger partial charge in [0.1, 0.15) is 6.04 Å². The molecule has 0 radical (unpaired) electrons. The lowest BCUT2D eigenvalue weighted by atomic mass is 9.85. The minimum absolute atomic E-state index is 0.273. The molecule has 0 saturated carbocycles. The molecular weight excluding hydrogens is 416 g/mol. The number of ether oxygens (including phenoxy) is 1. The smallest absolute Gasteiger partial charge is 0.323 e. The fraction of sp³-hybridized carbons (Fsp3) is 0.375. The summed E-state index contributed by atoms with van der Waals surface area (Å²) in [5.74, 6) is -2.81. The molecule has 2 aromatic carbocycles. The van der Waals surface area contributed by atoms with Gasteiger partial charge in [-0.15, -0.1) is 0 Å². The zero-order chi connectivity index (χ0) is 22.5. The Kier molecular flexibility index (Phi) is 5.40. The molecule has 162 valence electrons. The number of rotatable bonds is 3. The molecule has 6 nitrogen and oxygen atoms in total. The van der Waals surface area contributed by atoms with E-state index in [4.69, 9.17) is 16.3 Å². The highest BCUT2D eigenvalue weighted by atomic mass is 35.5. The second-order valence-corrected chi connectivity index (χ2v) is 9.46. The molecule has 2 aliphatic rings. The Morgan fingerprint density at radius 3 is 2.23 bits per heavy atom. The van der Waals surface area contributed by atoms with E-state index in [-0.39, 0.29) is 17.2 Å². The van der Waals surface area contributed by atoms with Gasteiger partial charge in [0.15, 0.2) is 0 Å². The number of carbonyl (C=O) groups excluding carboxylic acids is 3. The van der Waals surface area contributed by atoms with Crippen molar-refractivity contribution < 1.29 is 19.1 Å². The van der Waals surface area contributed by atoms with Crippen LogP contribution in [0.4, 0.5) is 5.69 Å². The normalized spacial score (nSPS) is 25.6. The van der Waals surface area contributed by atoms with Gasteiger partial charge in [-0.3, -0.25) is 19.7 Å². The third kappa shape index (κ3) is 3.54. The van der Waals surface area contributed by atoms with E-state index in [1.54, 1.807) is 30.3 Å². The van der Waals surface area contributed by atoms with Crippen LogP contribution in [0.15, 0.2) is 48.5 Å². The largest absolute Gasteiger partial charge is 0.468 e. The first-order valence-corrected chi connectivity index (χ1v) is 10.6. The van der Waals surface area contributed by atoms with Crippen molar-refractivity contribution in [2.45, 2.75) is 38.3 Å². The number of imide groups is 1. The molecule has 2 aliphatic heterocycles. The highest BCUT2D eigenvalue weighted by molar-refractivity contribution is 6.30. The van der Waals surface area contributed by atoms with Crippen molar-refractivity contribution in [3.8, 4) is 0 Å². The minimum atomic E-state index is -0.904. The van der Waals surface area contributed by atoms with Gasteiger partial charge in [0.05, 0.1) is 24.6 Å². The SMILES string of the molecule is COC(=O)[C@@H]1N[C@H](c2ccc(Cl)cc2)[C@@H]2C(=O)N(c3ccccc3C(C)(C)C)C(=O)[C@@H]21. The van der Waals surface area contributed by atoms with Gasteiger partial charge in [-0.2, -0.15) is 0 Å². The second-order valence-electron chi connectivity index (χ2n) is 9.03. The summed E-state index contributed by atoms with van der Waals surface area (Å²) in [4.78, 5) is 41.0. The zero-order valence-corrected chi connectivity index (χ0v) is 18.6. The number of halogens is 1. The quantitative estimate of drug-likeness (QED) is 0.582. The van der Waals surface area contributed by atoms with Gasteiger partial charge in [0, 0.05) is 11.1 Å². The molecule has 2 fully saturated rings. The van der Waals surface area contributed by atoms with Gasteiger partial charge in [0.25, 0.3) is 0 Å². The van der Waals surface area contributed by atoms with Crippen LogP contribution in [0.1, 0.15) is 37.9 Å². The van der Waals surface area contributed by atoms with E-state index in [0.29, 0.717) is 10.7 Å². The second kappa shape index (κ2) is 7.77. The average Bonchev–Trinajstić information content (AvgIpc) is 3.24. The van der Waals surface area contributed by atoms with Crippen LogP contribution in [0.3, 0.4) is 0 Å². The number of hydrogen-bond donors (Lipinski definition) is 1. The summed E-state index contributed by atoms with van der Waals surface area (Å²) in [5.41, 5.74) is 1.97. The molecule has 1 N–H and O–H groups in total. The van der Waals surface area contributed by atoms with E-state index in [1.807, 2.05) is 39.0 Å². The van der Waals surface area contributed by atoms with Crippen molar-refractivity contribution in [3.63, 3.8) is 0 Å². The molecule has 2 aromatic rings. The lowest BCUT2D eigenvalue weighted by Crippen LogP contribution is -2.44. The topological polar surface area (TPSA) is 75.7 Å². The Morgan fingerprint density at radius 1 is 1.00 bits per heavy atom. The van der Waals surface area contributed by atoms with Gasteiger partial charge in [0.2, 0.25) is 11.8 Å². The molecule has 31 heavy (non-hydrogen) atoms. The molecule has 4 atom stereocenters. The standard InChI is InChI=1S/C24H25ClN2O4/c1-24(2,3)15-7-5-6-8-16(15)27-21(28)17-18(22(27)29)20(23(30)31-4)26-19(17)13-9-11-14(25)12-10-13/h5-12,17-20,26H,1-4H3/t17-,18+,19-,20-/m1/s1. The number of fused-ring (bicyclic) bond motifs is 1. The highest BCUT2D eigenvalue weighted by Crippen LogP contribution is 2.47. The zero-order valence-electron chi connectivity index (χ0n) is 17.9. The van der Waals surface area contributed by atoms with Crippen LogP contribution in [-0.2, 0) is 24.5 Å². The predicted molar refractivity (Wildman–Crippen MR) is 118 cm³/mol. The summed E-state index contributed by atoms with van der Waals surface area (Å²) >= 11 is 6.02. The fourth-order valence-electron chi connectivity index (χ4n) is 4.67. The van der Waals surface area contributed by atoms with E-state index in [0.717, 1.165) is 11.1 Å². The van der Waals surface area contributed by atoms with Crippen LogP contribution in [-0.4, -0.2) is 30.9 Å². The van der Waals surface area contributed by atoms with Crippen molar-refractivity contribution >= 4 is 35.1 Å². The van der Waals surface area contributed by atoms with Gasteiger partial charge in [-0.1, -0.05) is 62.7 Å². The van der Waals surface area contributed by atoms with E-state index in [2.05, 4.69) is 5.32 Å². The van der Waals surface area contributed by atoms with Crippen molar-refractivity contribution in [2.24, 2.45) is 11.8 Å². The maximum absolute atomic E-state index is 13.7. The summed E-state index contributed by atoms with van der Waals surface area (Å²) in [6, 6.07) is 13.1. The number of nitrogens with zero attached hydrogens (tertiary/aromatic N) is 1. The van der Waals surface area contributed by atoms with Crippen molar-refractivity contribution in [3.05, 3.63) is 64.7 Å². The Labute approximate surface area is 186 Å². The van der Waals surface area contributed by atoms with E-state index < -0.39 is 29.9 Å². The molecule has 0 aromatic heterocycles. The van der Waals surface area contributed by atoms with Gasteiger partial charge in [-0.25, -0.2) is 4.90 Å². The molecule has 0 bridgehead atoms. The Balaban J connectivity index is 1.81. The molecule has 2 amide bonds. The monoisotopic (exact) mass is 440 g/mol. The molecule has 7 heteroatoms. The van der Waals surface area contributed by atoms with Crippen LogP contribution < -0.4 is 10.2 Å². The first kappa shape index (κ1) is 21.5. The van der Waals surface area contributed by atoms with Gasteiger partial charge in [-0.05, 0) is 34.7 Å². The Morgan fingerprint density at radius 2 is 1.61 bits per heavy atom. The van der Waals surface area contributed by atoms with Crippen molar-refractivity contribution in [2.75, 3.05) is 12.0 Å². The molecule has 0 spiro atoms. The molecule has 4 rings (SSSR count). The predicted octanol–water partition coefficient (Wildman–Crippen LogP) is 3.63. The summed E-state index contributed by atoms with van der Waals surface area (Å²) < 4.78 is 4.94. The maximum atomic E-state index is 13.7. The van der Waals surface area contributed by atoms with Crippen LogP contribution in [0.2, 0.25) is 5.02 Å². The number of nitrogens with one attached hydrogen (secondary N) is 1. The summed E-state index contributed by atoms with van der Waals surface area (Å²) in [7, 11) is 1.28. The number of benzene rings is 2. The van der Waals surface area contributed by atoms with Gasteiger partial charge < -0.3 is 4.74 Å². The first-order chi connectivity index (χ1) is 14.6. The lowest BCUT2D eigenvalue weighted by molar-refractivity contribution is -0.145. The maximum Gasteiger partial charge on any atom is 0.323 e. The highest BCUT2D eigenvalue weighted by Gasteiger charge is 2.61. The number of hydrogen-bond acceptors (Lipinski definition) is 5. The molecule has 2 heterocycles. The van der Waals surface area contributed by atoms with E-state index in [9.17, 15) is 14.4 Å². The third-order valence-electron chi connectivity index (χ3n) is 6.11. The Bertz CT molecular complexity index is 1040. The summed E-state index contributed by atoms with van der Waals surface area (Å²) in [6.45, 7) is 6.10. The molecular formula is C24H25ClN2O4. The van der Waals surface area contributed by atoms with Crippen LogP contribution in [0.5, 0.6) is 0 Å². The van der Waals surface area contributed by atoms with Crippen LogP contribution in [0.25, 0.3) is 0 Å². The van der Waals surface area contributed by atoms with Gasteiger partial charge >= 0.3 is 5.97 Å². The lowest BCUT2D eigenvalue weighted by Gasteiger charge is -2.28. The number of anilines is 1. The number of para-hydroxylation sites is 1. The first-order valence-electron chi connectivity index (χ1n) is 10.2. The molecule has 2 saturated heterocycles. The number of amides is 2. The minimum Gasteiger partial charge on any atom is -0.468 e. The van der Waals surface area contributed by atoms with Crippen molar-refractivity contribution in [1.82, 2.24) is 5.32 Å². The summed E-state index contributed by atoms with van der Waals surface area (Å²) in [6.07, 6.45) is 0. The number of esters is 1. The number of methoxy groups -OCH3 is 1. The third-order valence-corrected chi connectivity index (χ3v) is 6.36. The van der Waals surface area contributed by atoms with E-state index >= 15 is 0 Å². The summed E-state index contributed by atoms with van der Waals surface area (Å²) in [5, 5.41) is 3.74.